The van der Waals surface area contributed by atoms with Crippen molar-refractivity contribution in [3.8, 4) is 5.75 Å². The second kappa shape index (κ2) is 4.97. The molecule has 1 atom stereocenters. The molecule has 2 aromatic rings. The highest BCUT2D eigenvalue weighted by Crippen LogP contribution is 2.40. The summed E-state index contributed by atoms with van der Waals surface area (Å²) in [4.78, 5) is 0. The third-order valence-electron chi connectivity index (χ3n) is 3.74. The lowest BCUT2D eigenvalue weighted by atomic mass is 9.84. The van der Waals surface area contributed by atoms with Crippen LogP contribution in [0.3, 0.4) is 0 Å². The van der Waals surface area contributed by atoms with Crippen LogP contribution in [0.5, 0.6) is 5.75 Å². The van der Waals surface area contributed by atoms with Crippen molar-refractivity contribution in [3.63, 3.8) is 0 Å². The summed E-state index contributed by atoms with van der Waals surface area (Å²) in [7, 11) is -4.06. The zero-order chi connectivity index (χ0) is 16.9. The lowest BCUT2D eigenvalue weighted by Crippen LogP contribution is -2.49. The largest absolute Gasteiger partial charge is 0.416 e. The molecule has 0 radical (unpaired) electrons. The van der Waals surface area contributed by atoms with Crippen LogP contribution in [0.15, 0.2) is 48.5 Å². The van der Waals surface area contributed by atoms with Crippen LogP contribution in [-0.2, 0) is 22.0 Å². The van der Waals surface area contributed by atoms with E-state index in [4.69, 9.17) is 4.18 Å². The lowest BCUT2D eigenvalue weighted by molar-refractivity contribution is -0.137. The molecule has 4 nitrogen and oxygen atoms in total. The van der Waals surface area contributed by atoms with E-state index in [9.17, 15) is 21.6 Å². The number of alkyl halides is 3. The molecule has 0 unspecified atom stereocenters. The fourth-order valence-corrected chi connectivity index (χ4v) is 3.75. The highest BCUT2D eigenvalue weighted by Gasteiger charge is 2.41. The Morgan fingerprint density at radius 2 is 1.65 bits per heavy atom. The molecule has 122 valence electrons. The quantitative estimate of drug-likeness (QED) is 0.865. The molecule has 1 aliphatic rings. The fraction of sp³-hybridized carbons (Fsp3) is 0.200. The predicted octanol–water partition coefficient (Wildman–Crippen LogP) is 3.20. The second-order valence-electron chi connectivity index (χ2n) is 5.34. The molecule has 1 N–H and O–H groups in total. The second-order valence-corrected chi connectivity index (χ2v) is 6.61. The molecular weight excluding hydrogens is 331 g/mol. The Bertz CT molecular complexity index is 847. The topological polar surface area (TPSA) is 55.4 Å². The summed E-state index contributed by atoms with van der Waals surface area (Å²) in [6, 6.07) is 10.8. The van der Waals surface area contributed by atoms with E-state index in [1.165, 1.54) is 18.2 Å². The van der Waals surface area contributed by atoms with E-state index in [0.717, 1.165) is 12.1 Å². The van der Waals surface area contributed by atoms with E-state index in [-0.39, 0.29) is 5.75 Å². The van der Waals surface area contributed by atoms with Crippen LogP contribution in [0.1, 0.15) is 23.6 Å². The third-order valence-corrected chi connectivity index (χ3v) is 4.80. The van der Waals surface area contributed by atoms with E-state index >= 15 is 0 Å². The summed E-state index contributed by atoms with van der Waals surface area (Å²) in [6.07, 6.45) is -4.45. The van der Waals surface area contributed by atoms with Gasteiger partial charge in [0.1, 0.15) is 5.75 Å². The van der Waals surface area contributed by atoms with Crippen molar-refractivity contribution in [3.05, 3.63) is 65.2 Å². The van der Waals surface area contributed by atoms with Crippen molar-refractivity contribution >= 4 is 10.3 Å². The molecule has 0 saturated carbocycles. The van der Waals surface area contributed by atoms with Crippen LogP contribution in [0.25, 0.3) is 0 Å². The molecule has 2 aromatic carbocycles. The Labute approximate surface area is 131 Å². The van der Waals surface area contributed by atoms with E-state index in [1.807, 2.05) is 0 Å². The van der Waals surface area contributed by atoms with E-state index in [1.54, 1.807) is 25.1 Å². The molecule has 0 aliphatic carbocycles. The zero-order valence-corrected chi connectivity index (χ0v) is 12.7. The summed E-state index contributed by atoms with van der Waals surface area (Å²) < 4.78 is 69.2. The highest BCUT2D eigenvalue weighted by molar-refractivity contribution is 7.85. The predicted molar refractivity (Wildman–Crippen MR) is 77.0 cm³/mol. The van der Waals surface area contributed by atoms with Crippen LogP contribution in [-0.4, -0.2) is 8.42 Å². The Morgan fingerprint density at radius 1 is 1.04 bits per heavy atom. The normalized spacial score (nSPS) is 23.0. The maximum absolute atomic E-state index is 12.7. The van der Waals surface area contributed by atoms with Crippen molar-refractivity contribution in [2.24, 2.45) is 0 Å². The summed E-state index contributed by atoms with van der Waals surface area (Å²) in [6.45, 7) is 1.58. The van der Waals surface area contributed by atoms with Crippen molar-refractivity contribution < 1.29 is 25.8 Å². The first-order valence-electron chi connectivity index (χ1n) is 6.62. The number of hydrogen-bond donors (Lipinski definition) is 1. The van der Waals surface area contributed by atoms with Gasteiger partial charge in [-0.05, 0) is 30.7 Å². The molecule has 0 fully saturated rings. The number of para-hydroxylation sites is 1. The SMILES string of the molecule is C[C@]1(c2ccc(C(F)(F)F)cc2)NS(=O)(=O)Oc2ccccc21. The molecular formula is C15H12F3NO3S. The molecule has 0 bridgehead atoms. The van der Waals surface area contributed by atoms with Crippen molar-refractivity contribution in [2.75, 3.05) is 0 Å². The van der Waals surface area contributed by atoms with Gasteiger partial charge in [-0.2, -0.15) is 26.3 Å². The zero-order valence-electron chi connectivity index (χ0n) is 11.9. The van der Waals surface area contributed by atoms with Gasteiger partial charge in [-0.25, -0.2) is 0 Å². The fourth-order valence-electron chi connectivity index (χ4n) is 2.60. The number of hydrogen-bond acceptors (Lipinski definition) is 3. The number of benzene rings is 2. The minimum Gasteiger partial charge on any atom is -0.370 e. The standard InChI is InChI=1S/C15H12F3NO3S/c1-14(10-6-8-11(9-7-10)15(16,17)18)12-4-2-3-5-13(12)22-23(20,21)19-14/h2-9,19H,1H3/t14-/m1/s1. The monoisotopic (exact) mass is 343 g/mol. The molecule has 0 amide bonds. The first kappa shape index (κ1) is 15.8. The van der Waals surface area contributed by atoms with Gasteiger partial charge in [0.2, 0.25) is 0 Å². The van der Waals surface area contributed by atoms with Crippen molar-refractivity contribution in [1.29, 1.82) is 0 Å². The minimum atomic E-state index is -4.45. The van der Waals surface area contributed by atoms with Crippen LogP contribution < -0.4 is 8.91 Å². The third kappa shape index (κ3) is 2.79. The van der Waals surface area contributed by atoms with E-state index in [0.29, 0.717) is 11.1 Å². The molecule has 1 heterocycles. The number of rotatable bonds is 1. The molecule has 3 rings (SSSR count). The smallest absolute Gasteiger partial charge is 0.370 e. The van der Waals surface area contributed by atoms with Gasteiger partial charge in [0, 0.05) is 5.56 Å². The van der Waals surface area contributed by atoms with Crippen LogP contribution in [0, 0.1) is 0 Å². The van der Waals surface area contributed by atoms with Gasteiger partial charge in [-0.1, -0.05) is 30.3 Å². The molecule has 0 spiro atoms. The first-order chi connectivity index (χ1) is 10.6. The lowest BCUT2D eigenvalue weighted by Gasteiger charge is -2.36. The maximum Gasteiger partial charge on any atom is 0.416 e. The average molecular weight is 343 g/mol. The van der Waals surface area contributed by atoms with Crippen molar-refractivity contribution in [1.82, 2.24) is 4.72 Å². The molecule has 1 aliphatic heterocycles. The average Bonchev–Trinajstić information content (AvgIpc) is 2.45. The number of nitrogens with one attached hydrogen (secondary N) is 1. The van der Waals surface area contributed by atoms with Gasteiger partial charge in [0.15, 0.2) is 0 Å². The number of fused-ring (bicyclic) bond motifs is 1. The summed E-state index contributed by atoms with van der Waals surface area (Å²) in [5.41, 5.74) is -1.12. The molecule has 0 saturated heterocycles. The van der Waals surface area contributed by atoms with Crippen LogP contribution >= 0.6 is 0 Å². The highest BCUT2D eigenvalue weighted by atomic mass is 32.2. The van der Waals surface area contributed by atoms with Gasteiger partial charge in [-0.15, -0.1) is 0 Å². The van der Waals surface area contributed by atoms with Gasteiger partial charge < -0.3 is 4.18 Å². The number of halogens is 3. The Hall–Kier alpha value is -2.06. The minimum absolute atomic E-state index is 0.147. The van der Waals surface area contributed by atoms with Gasteiger partial charge in [-0.3, -0.25) is 0 Å². The first-order valence-corrected chi connectivity index (χ1v) is 8.03. The molecule has 8 heteroatoms. The van der Waals surface area contributed by atoms with Gasteiger partial charge in [0.05, 0.1) is 11.1 Å². The van der Waals surface area contributed by atoms with Gasteiger partial charge >= 0.3 is 16.5 Å². The summed E-state index contributed by atoms with van der Waals surface area (Å²) >= 11 is 0. The van der Waals surface area contributed by atoms with Crippen LogP contribution in [0.4, 0.5) is 13.2 Å². The van der Waals surface area contributed by atoms with Gasteiger partial charge in [0.25, 0.3) is 0 Å². The Kier molecular flexibility index (Phi) is 3.42. The maximum atomic E-state index is 12.7. The Balaban J connectivity index is 2.14. The van der Waals surface area contributed by atoms with Crippen molar-refractivity contribution in [2.45, 2.75) is 18.6 Å². The van der Waals surface area contributed by atoms with E-state index < -0.39 is 27.6 Å². The summed E-state index contributed by atoms with van der Waals surface area (Å²) in [5, 5.41) is 0. The molecule has 0 aromatic heterocycles. The summed E-state index contributed by atoms with van der Waals surface area (Å²) in [5.74, 6) is 0.147. The Morgan fingerprint density at radius 3 is 2.26 bits per heavy atom. The van der Waals surface area contributed by atoms with E-state index in [2.05, 4.69) is 4.72 Å². The molecule has 23 heavy (non-hydrogen) atoms. The van der Waals surface area contributed by atoms with Crippen LogP contribution in [0.2, 0.25) is 0 Å².